The van der Waals surface area contributed by atoms with E-state index in [0.717, 1.165) is 12.5 Å². The van der Waals surface area contributed by atoms with Crippen LogP contribution in [-0.2, 0) is 9.53 Å². The number of amides is 1. The highest BCUT2D eigenvalue weighted by atomic mass is 127. The molecule has 1 aliphatic rings. The number of hydrogen-bond donors (Lipinski definition) is 2. The predicted octanol–water partition coefficient (Wildman–Crippen LogP) is 3.36. The van der Waals surface area contributed by atoms with Crippen LogP contribution in [0.5, 0.6) is 0 Å². The van der Waals surface area contributed by atoms with E-state index in [1.165, 1.54) is 6.08 Å². The molecule has 0 radical (unpaired) electrons. The van der Waals surface area contributed by atoms with Crippen molar-refractivity contribution in [2.24, 2.45) is 0 Å². The number of carbonyl (C=O) groups excluding carboxylic acids is 1. The van der Waals surface area contributed by atoms with Crippen molar-refractivity contribution in [3.05, 3.63) is 30.0 Å². The Labute approximate surface area is 160 Å². The minimum atomic E-state index is -0.997. The van der Waals surface area contributed by atoms with Gasteiger partial charge in [0, 0.05) is 18.8 Å². The Balaban J connectivity index is 1.95. The van der Waals surface area contributed by atoms with E-state index < -0.39 is 11.6 Å². The summed E-state index contributed by atoms with van der Waals surface area (Å²) in [6, 6.07) is 3.65. The van der Waals surface area contributed by atoms with E-state index in [2.05, 4.69) is 32.9 Å². The summed E-state index contributed by atoms with van der Waals surface area (Å²) in [7, 11) is 0. The molecule has 1 fully saturated rings. The molecule has 0 bridgehead atoms. The number of rotatable bonds is 4. The molecule has 7 nitrogen and oxygen atoms in total. The topological polar surface area (TPSA) is 91.8 Å². The maximum atomic E-state index is 12.2. The third-order valence-corrected chi connectivity index (χ3v) is 5.02. The molecule has 136 valence electrons. The number of carbonyl (C=O) groups is 2. The molecule has 2 atom stereocenters. The summed E-state index contributed by atoms with van der Waals surface area (Å²) in [5.74, 6) is -0.312. The Hall–Kier alpha value is -1.84. The van der Waals surface area contributed by atoms with Crippen LogP contribution < -0.4 is 5.32 Å². The van der Waals surface area contributed by atoms with Crippen LogP contribution in [-0.4, -0.2) is 49.3 Å². The lowest BCUT2D eigenvalue weighted by Gasteiger charge is -2.27. The summed E-state index contributed by atoms with van der Waals surface area (Å²) in [6.45, 7) is 6.18. The second-order valence-corrected chi connectivity index (χ2v) is 8.01. The molecule has 1 aromatic heterocycles. The SMILES string of the molecule is CC(C)(C)OC(=O)N1CC[C@@H](Nc2ccc(C=CC(=O)O)cn2)C1I. The molecule has 8 heteroatoms. The Morgan fingerprint density at radius 1 is 1.44 bits per heavy atom. The van der Waals surface area contributed by atoms with E-state index in [9.17, 15) is 9.59 Å². The van der Waals surface area contributed by atoms with Crippen LogP contribution in [0.2, 0.25) is 0 Å². The summed E-state index contributed by atoms with van der Waals surface area (Å²) < 4.78 is 5.39. The van der Waals surface area contributed by atoms with Gasteiger partial charge in [-0.15, -0.1) is 0 Å². The predicted molar refractivity (Wildman–Crippen MR) is 104 cm³/mol. The lowest BCUT2D eigenvalue weighted by Crippen LogP contribution is -2.41. The van der Waals surface area contributed by atoms with Crippen LogP contribution in [0.1, 0.15) is 32.8 Å². The van der Waals surface area contributed by atoms with Gasteiger partial charge in [-0.05, 0) is 51.0 Å². The first kappa shape index (κ1) is 19.5. The molecule has 0 saturated carbocycles. The average molecular weight is 459 g/mol. The number of anilines is 1. The van der Waals surface area contributed by atoms with Gasteiger partial charge in [-0.1, -0.05) is 22.6 Å². The van der Waals surface area contributed by atoms with E-state index in [-0.39, 0.29) is 16.2 Å². The normalized spacial score (nSPS) is 20.7. The molecular weight excluding hydrogens is 437 g/mol. The van der Waals surface area contributed by atoms with Gasteiger partial charge in [-0.25, -0.2) is 14.6 Å². The lowest BCUT2D eigenvalue weighted by molar-refractivity contribution is -0.131. The van der Waals surface area contributed by atoms with E-state index in [4.69, 9.17) is 9.84 Å². The highest BCUT2D eigenvalue weighted by Gasteiger charge is 2.37. The molecule has 1 aromatic rings. The summed E-state index contributed by atoms with van der Waals surface area (Å²) in [4.78, 5) is 28.8. The summed E-state index contributed by atoms with van der Waals surface area (Å²) in [5, 5.41) is 11.9. The molecule has 0 aromatic carbocycles. The van der Waals surface area contributed by atoms with Gasteiger partial charge in [-0.2, -0.15) is 0 Å². The zero-order valence-corrected chi connectivity index (χ0v) is 16.6. The number of aromatic nitrogens is 1. The van der Waals surface area contributed by atoms with E-state index in [1.54, 1.807) is 23.2 Å². The van der Waals surface area contributed by atoms with Gasteiger partial charge in [0.05, 0.1) is 6.04 Å². The smallest absolute Gasteiger partial charge is 0.411 e. The fourth-order valence-electron chi connectivity index (χ4n) is 2.36. The minimum Gasteiger partial charge on any atom is -0.478 e. The van der Waals surface area contributed by atoms with Crippen LogP contribution in [0.4, 0.5) is 10.6 Å². The highest BCUT2D eigenvalue weighted by Crippen LogP contribution is 2.28. The molecule has 1 unspecified atom stereocenters. The molecule has 0 aliphatic carbocycles. The Morgan fingerprint density at radius 3 is 2.72 bits per heavy atom. The number of carboxylic acids is 1. The van der Waals surface area contributed by atoms with Crippen LogP contribution in [0.3, 0.4) is 0 Å². The summed E-state index contributed by atoms with van der Waals surface area (Å²) in [6.07, 6.45) is 4.65. The van der Waals surface area contributed by atoms with Crippen molar-refractivity contribution in [1.29, 1.82) is 0 Å². The van der Waals surface area contributed by atoms with Crippen molar-refractivity contribution in [3.63, 3.8) is 0 Å². The minimum absolute atomic E-state index is 0.0409. The highest BCUT2D eigenvalue weighted by molar-refractivity contribution is 14.1. The van der Waals surface area contributed by atoms with Crippen LogP contribution in [0.25, 0.3) is 6.08 Å². The number of hydrogen-bond acceptors (Lipinski definition) is 5. The molecule has 2 rings (SSSR count). The Kier molecular flexibility index (Phi) is 6.26. The molecule has 1 amide bonds. The van der Waals surface area contributed by atoms with Crippen molar-refractivity contribution in [2.45, 2.75) is 42.9 Å². The van der Waals surface area contributed by atoms with Gasteiger partial charge in [0.15, 0.2) is 0 Å². The lowest BCUT2D eigenvalue weighted by atomic mass is 10.2. The third-order valence-electron chi connectivity index (χ3n) is 3.48. The van der Waals surface area contributed by atoms with E-state index in [1.807, 2.05) is 20.8 Å². The van der Waals surface area contributed by atoms with E-state index in [0.29, 0.717) is 17.9 Å². The number of alkyl halides is 1. The van der Waals surface area contributed by atoms with Gasteiger partial charge in [0.1, 0.15) is 15.5 Å². The van der Waals surface area contributed by atoms with Gasteiger partial charge in [0.2, 0.25) is 0 Å². The molecule has 2 heterocycles. The first-order valence-electron chi connectivity index (χ1n) is 7.93. The summed E-state index contributed by atoms with van der Waals surface area (Å²) >= 11 is 2.24. The van der Waals surface area contributed by atoms with E-state index >= 15 is 0 Å². The van der Waals surface area contributed by atoms with Crippen molar-refractivity contribution in [3.8, 4) is 0 Å². The monoisotopic (exact) mass is 459 g/mol. The quantitative estimate of drug-likeness (QED) is 0.311. The molecule has 1 aliphatic heterocycles. The molecule has 0 spiro atoms. The van der Waals surface area contributed by atoms with Crippen molar-refractivity contribution in [1.82, 2.24) is 9.88 Å². The standard InChI is InChI=1S/C17H22IN3O4/c1-17(2,3)25-16(24)21-9-8-12(15(21)18)20-13-6-4-11(10-19-13)5-7-14(22)23/h4-7,10,12,15H,8-9H2,1-3H3,(H,19,20)(H,22,23)/t12-,15?/m1/s1. The number of aliphatic carboxylic acids is 1. The van der Waals surface area contributed by atoms with Gasteiger partial charge in [-0.3, -0.25) is 4.90 Å². The number of carboxylic acid groups (broad SMARTS) is 1. The fraction of sp³-hybridized carbons (Fsp3) is 0.471. The second kappa shape index (κ2) is 8.03. The third kappa shape index (κ3) is 5.87. The maximum absolute atomic E-state index is 12.2. The van der Waals surface area contributed by atoms with Crippen molar-refractivity contribution >= 4 is 46.5 Å². The summed E-state index contributed by atoms with van der Waals surface area (Å²) in [5.41, 5.74) is 0.195. The fourth-order valence-corrected chi connectivity index (χ4v) is 3.40. The number of likely N-dealkylation sites (tertiary alicyclic amines) is 1. The van der Waals surface area contributed by atoms with Crippen LogP contribution >= 0.6 is 22.6 Å². The molecule has 25 heavy (non-hydrogen) atoms. The van der Waals surface area contributed by atoms with Gasteiger partial charge >= 0.3 is 12.1 Å². The molecule has 2 N–H and O–H groups in total. The average Bonchev–Trinajstić information content (AvgIpc) is 2.86. The van der Waals surface area contributed by atoms with Crippen molar-refractivity contribution in [2.75, 3.05) is 11.9 Å². The largest absolute Gasteiger partial charge is 0.478 e. The number of nitrogens with zero attached hydrogens (tertiary/aromatic N) is 2. The Morgan fingerprint density at radius 2 is 2.16 bits per heavy atom. The first-order valence-corrected chi connectivity index (χ1v) is 9.17. The zero-order valence-electron chi connectivity index (χ0n) is 14.4. The van der Waals surface area contributed by atoms with Crippen LogP contribution in [0, 0.1) is 0 Å². The maximum Gasteiger partial charge on any atom is 0.411 e. The number of ether oxygens (including phenoxy) is 1. The molecule has 1 saturated heterocycles. The second-order valence-electron chi connectivity index (χ2n) is 6.73. The number of halogens is 1. The molecular formula is C17H22IN3O4. The zero-order chi connectivity index (χ0) is 18.6. The first-order chi connectivity index (χ1) is 11.7. The number of nitrogens with one attached hydrogen (secondary N) is 1. The van der Waals surface area contributed by atoms with Gasteiger partial charge in [0.25, 0.3) is 0 Å². The van der Waals surface area contributed by atoms with Gasteiger partial charge < -0.3 is 15.2 Å². The Bertz CT molecular complexity index is 655. The van der Waals surface area contributed by atoms with Crippen LogP contribution in [0.15, 0.2) is 24.4 Å². The number of pyridine rings is 1. The van der Waals surface area contributed by atoms with Crippen molar-refractivity contribution < 1.29 is 19.4 Å².